The summed E-state index contributed by atoms with van der Waals surface area (Å²) in [6, 6.07) is 3.38. The first kappa shape index (κ1) is 16.5. The predicted molar refractivity (Wildman–Crippen MR) is 78.9 cm³/mol. The molecular weight excluding hydrogens is 326 g/mol. The lowest BCUT2D eigenvalue weighted by Crippen LogP contribution is -2.40. The normalized spacial score (nSPS) is 11.1. The summed E-state index contributed by atoms with van der Waals surface area (Å²) in [5.74, 6) is -0.116. The molecule has 1 amide bonds. The van der Waals surface area contributed by atoms with Crippen molar-refractivity contribution in [2.75, 3.05) is 13.2 Å². The smallest absolute Gasteiger partial charge is 0.325 e. The average Bonchev–Trinajstić information content (AvgIpc) is 2.79. The van der Waals surface area contributed by atoms with Crippen LogP contribution in [0.4, 0.5) is 0 Å². The Kier molecular flexibility index (Phi) is 6.51. The molecule has 5 nitrogen and oxygen atoms in total. The number of halogens is 1. The van der Waals surface area contributed by atoms with Crippen molar-refractivity contribution in [2.45, 2.75) is 26.8 Å². The highest BCUT2D eigenvalue weighted by Gasteiger charge is 2.18. The van der Waals surface area contributed by atoms with Gasteiger partial charge in [-0.25, -0.2) is 0 Å². The van der Waals surface area contributed by atoms with E-state index < -0.39 is 5.97 Å². The lowest BCUT2D eigenvalue weighted by molar-refractivity contribution is -0.148. The van der Waals surface area contributed by atoms with Gasteiger partial charge < -0.3 is 14.1 Å². The Labute approximate surface area is 126 Å². The fourth-order valence-corrected chi connectivity index (χ4v) is 1.85. The molecule has 0 saturated carbocycles. The third-order valence-electron chi connectivity index (χ3n) is 2.50. The van der Waals surface area contributed by atoms with Crippen LogP contribution in [0.3, 0.4) is 0 Å². The number of furan rings is 1. The van der Waals surface area contributed by atoms with Crippen molar-refractivity contribution in [3.8, 4) is 0 Å². The van der Waals surface area contributed by atoms with E-state index in [1.54, 1.807) is 25.1 Å². The van der Waals surface area contributed by atoms with Crippen molar-refractivity contribution in [1.29, 1.82) is 0 Å². The van der Waals surface area contributed by atoms with Gasteiger partial charge in [0.05, 0.1) is 6.61 Å². The molecule has 1 rings (SSSR count). The summed E-state index contributed by atoms with van der Waals surface area (Å²) in [5.41, 5.74) is 0. The lowest BCUT2D eigenvalue weighted by atomic mass is 10.3. The third kappa shape index (κ3) is 5.21. The quantitative estimate of drug-likeness (QED) is 0.588. The number of carbonyl (C=O) groups excluding carboxylic acids is 2. The van der Waals surface area contributed by atoms with Gasteiger partial charge in [-0.1, -0.05) is 0 Å². The van der Waals surface area contributed by atoms with Crippen molar-refractivity contribution in [3.05, 3.63) is 28.6 Å². The fraction of sp³-hybridized carbons (Fsp3) is 0.429. The third-order valence-corrected chi connectivity index (χ3v) is 2.92. The Hall–Kier alpha value is -1.56. The van der Waals surface area contributed by atoms with Gasteiger partial charge in [0.2, 0.25) is 5.91 Å². The van der Waals surface area contributed by atoms with Gasteiger partial charge in [-0.2, -0.15) is 0 Å². The van der Waals surface area contributed by atoms with Crippen LogP contribution in [-0.2, 0) is 14.3 Å². The number of ether oxygens (including phenoxy) is 1. The fourth-order valence-electron chi connectivity index (χ4n) is 1.53. The number of hydrogen-bond donors (Lipinski definition) is 0. The van der Waals surface area contributed by atoms with Crippen molar-refractivity contribution >= 4 is 33.9 Å². The Morgan fingerprint density at radius 1 is 1.45 bits per heavy atom. The molecule has 6 heteroatoms. The summed E-state index contributed by atoms with van der Waals surface area (Å²) in [4.78, 5) is 25.0. The minimum atomic E-state index is -0.413. The largest absolute Gasteiger partial charge is 0.465 e. The SMILES string of the molecule is CCOC(=O)CN(C(=O)/C=C/c1ccc(Br)o1)C(C)C. The van der Waals surface area contributed by atoms with E-state index in [1.807, 2.05) is 13.8 Å². The Morgan fingerprint density at radius 2 is 2.15 bits per heavy atom. The maximum absolute atomic E-state index is 12.1. The standard InChI is InChI=1S/C14H18BrNO4/c1-4-19-14(18)9-16(10(2)3)13(17)8-6-11-5-7-12(15)20-11/h5-8,10H,4,9H2,1-3H3/b8-6+. The molecule has 0 fully saturated rings. The van der Waals surface area contributed by atoms with E-state index in [4.69, 9.17) is 9.15 Å². The summed E-state index contributed by atoms with van der Waals surface area (Å²) in [7, 11) is 0. The van der Waals surface area contributed by atoms with Crippen LogP contribution in [0.1, 0.15) is 26.5 Å². The molecule has 0 spiro atoms. The van der Waals surface area contributed by atoms with Crippen LogP contribution in [0.2, 0.25) is 0 Å². The van der Waals surface area contributed by atoms with Gasteiger partial charge in [-0.05, 0) is 54.9 Å². The minimum Gasteiger partial charge on any atom is -0.465 e. The molecule has 0 aliphatic rings. The number of carbonyl (C=O) groups is 2. The molecule has 20 heavy (non-hydrogen) atoms. The second kappa shape index (κ2) is 7.89. The van der Waals surface area contributed by atoms with Crippen LogP contribution in [0.15, 0.2) is 27.3 Å². The van der Waals surface area contributed by atoms with Crippen LogP contribution < -0.4 is 0 Å². The highest BCUT2D eigenvalue weighted by molar-refractivity contribution is 9.10. The zero-order valence-corrected chi connectivity index (χ0v) is 13.3. The lowest BCUT2D eigenvalue weighted by Gasteiger charge is -2.24. The maximum atomic E-state index is 12.1. The van der Waals surface area contributed by atoms with E-state index in [2.05, 4.69) is 15.9 Å². The number of rotatable bonds is 6. The van der Waals surface area contributed by atoms with Crippen molar-refractivity contribution in [2.24, 2.45) is 0 Å². The molecular formula is C14H18BrNO4. The molecule has 1 heterocycles. The van der Waals surface area contributed by atoms with Crippen LogP contribution in [-0.4, -0.2) is 36.0 Å². The van der Waals surface area contributed by atoms with E-state index in [0.29, 0.717) is 17.0 Å². The van der Waals surface area contributed by atoms with Crippen LogP contribution in [0, 0.1) is 0 Å². The summed E-state index contributed by atoms with van der Waals surface area (Å²) in [6.07, 6.45) is 2.94. The van der Waals surface area contributed by atoms with E-state index in [9.17, 15) is 9.59 Å². The Bertz CT molecular complexity index is 493. The molecule has 0 unspecified atom stereocenters. The number of esters is 1. The minimum absolute atomic E-state index is 0.0590. The average molecular weight is 344 g/mol. The number of nitrogens with zero attached hydrogens (tertiary/aromatic N) is 1. The maximum Gasteiger partial charge on any atom is 0.325 e. The molecule has 1 aromatic rings. The second-order valence-corrected chi connectivity index (χ2v) is 5.12. The highest BCUT2D eigenvalue weighted by atomic mass is 79.9. The van der Waals surface area contributed by atoms with Gasteiger partial charge in [0, 0.05) is 12.1 Å². The van der Waals surface area contributed by atoms with Gasteiger partial charge in [0.15, 0.2) is 4.67 Å². The zero-order chi connectivity index (χ0) is 15.1. The predicted octanol–water partition coefficient (Wildman–Crippen LogP) is 2.86. The van der Waals surface area contributed by atoms with Gasteiger partial charge in [-0.3, -0.25) is 9.59 Å². The number of hydrogen-bond acceptors (Lipinski definition) is 4. The monoisotopic (exact) mass is 343 g/mol. The van der Waals surface area contributed by atoms with Crippen molar-refractivity contribution < 1.29 is 18.7 Å². The first-order chi connectivity index (χ1) is 9.43. The number of amides is 1. The molecule has 0 aromatic carbocycles. The van der Waals surface area contributed by atoms with E-state index >= 15 is 0 Å². The summed E-state index contributed by atoms with van der Waals surface area (Å²) >= 11 is 3.18. The van der Waals surface area contributed by atoms with E-state index in [-0.39, 0.29) is 18.5 Å². The summed E-state index contributed by atoms with van der Waals surface area (Å²) in [6.45, 7) is 5.66. The van der Waals surface area contributed by atoms with Gasteiger partial charge >= 0.3 is 5.97 Å². The zero-order valence-electron chi connectivity index (χ0n) is 11.8. The van der Waals surface area contributed by atoms with Crippen LogP contribution >= 0.6 is 15.9 Å². The molecule has 0 aliphatic carbocycles. The van der Waals surface area contributed by atoms with Crippen LogP contribution in [0.5, 0.6) is 0 Å². The first-order valence-corrected chi connectivity index (χ1v) is 7.13. The van der Waals surface area contributed by atoms with E-state index in [1.165, 1.54) is 11.0 Å². The molecule has 0 saturated heterocycles. The van der Waals surface area contributed by atoms with Crippen molar-refractivity contribution in [3.63, 3.8) is 0 Å². The first-order valence-electron chi connectivity index (χ1n) is 6.33. The summed E-state index contributed by atoms with van der Waals surface area (Å²) < 4.78 is 10.7. The topological polar surface area (TPSA) is 59.8 Å². The molecule has 0 radical (unpaired) electrons. The summed E-state index contributed by atoms with van der Waals surface area (Å²) in [5, 5.41) is 0. The van der Waals surface area contributed by atoms with Gasteiger partial charge in [0.1, 0.15) is 12.3 Å². The van der Waals surface area contributed by atoms with Crippen LogP contribution in [0.25, 0.3) is 6.08 Å². The van der Waals surface area contributed by atoms with E-state index in [0.717, 1.165) is 0 Å². The molecule has 0 atom stereocenters. The highest BCUT2D eigenvalue weighted by Crippen LogP contribution is 2.15. The molecule has 1 aromatic heterocycles. The molecule has 110 valence electrons. The molecule has 0 bridgehead atoms. The van der Waals surface area contributed by atoms with Crippen molar-refractivity contribution in [1.82, 2.24) is 4.90 Å². The Morgan fingerprint density at radius 3 is 2.65 bits per heavy atom. The van der Waals surface area contributed by atoms with Gasteiger partial charge in [-0.15, -0.1) is 0 Å². The Balaban J connectivity index is 2.69. The van der Waals surface area contributed by atoms with Gasteiger partial charge in [0.25, 0.3) is 0 Å². The molecule has 0 N–H and O–H groups in total. The second-order valence-electron chi connectivity index (χ2n) is 4.34. The molecule has 0 aliphatic heterocycles.